The zero-order chi connectivity index (χ0) is 19.7. The Morgan fingerprint density at radius 2 is 2.14 bits per heavy atom. The molecule has 1 unspecified atom stereocenters. The van der Waals surface area contributed by atoms with Gasteiger partial charge in [-0.15, -0.1) is 12.4 Å². The van der Waals surface area contributed by atoms with Crippen LogP contribution in [0.2, 0.25) is 0 Å². The topological polar surface area (TPSA) is 91.6 Å². The number of nitrogens with one attached hydrogen (secondary N) is 2. The van der Waals surface area contributed by atoms with E-state index in [2.05, 4.69) is 15.4 Å². The lowest BCUT2D eigenvalue weighted by molar-refractivity contribution is -0.711. The zero-order valence-electron chi connectivity index (χ0n) is 16.6. The Kier molecular flexibility index (Phi) is 6.87. The molecular formula is C19H28ClN4O4+. The lowest BCUT2D eigenvalue weighted by Gasteiger charge is -2.33. The molecule has 3 rings (SSSR count). The van der Waals surface area contributed by atoms with Gasteiger partial charge in [0.05, 0.1) is 19.9 Å². The summed E-state index contributed by atoms with van der Waals surface area (Å²) in [6.45, 7) is 6.03. The molecule has 9 heteroatoms. The number of halogens is 1. The predicted molar refractivity (Wildman–Crippen MR) is 105 cm³/mol. The van der Waals surface area contributed by atoms with E-state index in [1.165, 1.54) is 7.11 Å². The lowest BCUT2D eigenvalue weighted by Crippen LogP contribution is -2.66. The number of ether oxygens (including phenoxy) is 1. The van der Waals surface area contributed by atoms with Gasteiger partial charge in [0.15, 0.2) is 6.04 Å². The average molecular weight is 412 g/mol. The molecule has 2 aliphatic rings. The van der Waals surface area contributed by atoms with E-state index in [1.807, 2.05) is 43.7 Å². The van der Waals surface area contributed by atoms with E-state index in [0.717, 1.165) is 11.4 Å². The SMILES string of the molecule is CC[C@@H](C)C(=O)N[C@@H]1C(=O)N2c3c(ccc[n+]3C1C)C[C@H]2CNC(=O)OC.Cl. The van der Waals surface area contributed by atoms with Crippen LogP contribution in [0.4, 0.5) is 10.6 Å². The van der Waals surface area contributed by atoms with Crippen molar-refractivity contribution in [3.63, 3.8) is 0 Å². The number of amides is 3. The number of alkyl carbamates (subject to hydrolysis) is 1. The monoisotopic (exact) mass is 411 g/mol. The average Bonchev–Trinajstić information content (AvgIpc) is 3.05. The fourth-order valence-corrected chi connectivity index (χ4v) is 3.75. The van der Waals surface area contributed by atoms with E-state index in [0.29, 0.717) is 12.8 Å². The van der Waals surface area contributed by atoms with Crippen LogP contribution in [0.15, 0.2) is 18.3 Å². The summed E-state index contributed by atoms with van der Waals surface area (Å²) in [4.78, 5) is 38.9. The molecule has 0 fully saturated rings. The summed E-state index contributed by atoms with van der Waals surface area (Å²) in [6, 6.07) is 2.90. The van der Waals surface area contributed by atoms with Crippen LogP contribution < -0.4 is 20.1 Å². The highest BCUT2D eigenvalue weighted by atomic mass is 35.5. The first kappa shape index (κ1) is 21.9. The number of pyridine rings is 1. The standard InChI is InChI=1S/C19H26N4O4.ClH/c1-5-11(2)16(24)21-15-12(3)22-8-6-7-13-9-14(10-20-19(26)27-4)23(17(13)22)18(15)25;/h6-8,11-12,14-15H,5,9-10H2,1-4H3,(H-,20,21,24,26);1H/p+1/t11-,12?,14+,15+;/m1./s1. The Balaban J connectivity index is 0.00000280. The summed E-state index contributed by atoms with van der Waals surface area (Å²) in [7, 11) is 1.31. The molecule has 3 amide bonds. The number of aromatic nitrogens is 1. The van der Waals surface area contributed by atoms with Crippen molar-refractivity contribution in [2.45, 2.75) is 51.7 Å². The zero-order valence-corrected chi connectivity index (χ0v) is 17.4. The highest BCUT2D eigenvalue weighted by Crippen LogP contribution is 2.34. The molecule has 0 bridgehead atoms. The number of rotatable bonds is 5. The van der Waals surface area contributed by atoms with Gasteiger partial charge in [-0.2, -0.15) is 4.90 Å². The third-order valence-electron chi connectivity index (χ3n) is 5.57. The minimum atomic E-state index is -0.641. The van der Waals surface area contributed by atoms with Gasteiger partial charge in [-0.25, -0.2) is 14.2 Å². The molecule has 0 saturated heterocycles. The van der Waals surface area contributed by atoms with E-state index in [1.54, 1.807) is 4.90 Å². The largest absolute Gasteiger partial charge is 0.453 e. The summed E-state index contributed by atoms with van der Waals surface area (Å²) in [6.07, 6.45) is 2.76. The van der Waals surface area contributed by atoms with Crippen LogP contribution in [-0.4, -0.2) is 43.6 Å². The van der Waals surface area contributed by atoms with Gasteiger partial charge in [0.2, 0.25) is 5.91 Å². The molecular weight excluding hydrogens is 384 g/mol. The van der Waals surface area contributed by atoms with Crippen LogP contribution in [0.25, 0.3) is 0 Å². The van der Waals surface area contributed by atoms with Crippen molar-refractivity contribution in [2.75, 3.05) is 18.6 Å². The minimum Gasteiger partial charge on any atom is -0.453 e. The second kappa shape index (κ2) is 8.77. The molecule has 3 heterocycles. The van der Waals surface area contributed by atoms with Gasteiger partial charge in [-0.1, -0.05) is 13.8 Å². The molecule has 8 nitrogen and oxygen atoms in total. The normalized spacial score (nSPS) is 23.4. The minimum absolute atomic E-state index is 0. The fraction of sp³-hybridized carbons (Fsp3) is 0.579. The van der Waals surface area contributed by atoms with Gasteiger partial charge < -0.3 is 15.4 Å². The summed E-state index contributed by atoms with van der Waals surface area (Å²) < 4.78 is 6.67. The quantitative estimate of drug-likeness (QED) is 0.710. The van der Waals surface area contributed by atoms with Gasteiger partial charge in [0, 0.05) is 17.9 Å². The van der Waals surface area contributed by atoms with E-state index in [-0.39, 0.29) is 48.8 Å². The van der Waals surface area contributed by atoms with Gasteiger partial charge in [-0.3, -0.25) is 4.79 Å². The van der Waals surface area contributed by atoms with Crippen molar-refractivity contribution >= 4 is 36.1 Å². The molecule has 2 N–H and O–H groups in total. The summed E-state index contributed by atoms with van der Waals surface area (Å²) in [5, 5.41) is 5.61. The van der Waals surface area contributed by atoms with Crippen molar-refractivity contribution in [3.8, 4) is 0 Å². The molecule has 1 aromatic heterocycles. The van der Waals surface area contributed by atoms with Gasteiger partial charge in [0.25, 0.3) is 5.82 Å². The van der Waals surface area contributed by atoms with E-state index >= 15 is 0 Å². The third kappa shape index (κ3) is 3.78. The van der Waals surface area contributed by atoms with Crippen molar-refractivity contribution in [1.82, 2.24) is 10.6 Å². The number of hydrogen-bond acceptors (Lipinski definition) is 4. The number of carbonyl (C=O) groups is 3. The molecule has 0 saturated carbocycles. The molecule has 0 aromatic carbocycles. The maximum Gasteiger partial charge on any atom is 0.406 e. The lowest BCUT2D eigenvalue weighted by atomic mass is 10.0. The Labute approximate surface area is 171 Å². The van der Waals surface area contributed by atoms with Crippen LogP contribution in [0.1, 0.15) is 38.8 Å². The summed E-state index contributed by atoms with van der Waals surface area (Å²) in [5.41, 5.74) is 1.06. The second-order valence-electron chi connectivity index (χ2n) is 7.24. The highest BCUT2D eigenvalue weighted by Gasteiger charge is 2.53. The number of carbonyl (C=O) groups excluding carboxylic acids is 3. The predicted octanol–water partition coefficient (Wildman–Crippen LogP) is 1.12. The first-order valence-electron chi connectivity index (χ1n) is 9.37. The Bertz CT molecular complexity index is 772. The highest BCUT2D eigenvalue weighted by molar-refractivity contribution is 6.01. The fourth-order valence-electron chi connectivity index (χ4n) is 3.75. The summed E-state index contributed by atoms with van der Waals surface area (Å²) >= 11 is 0. The number of anilines is 1. The first-order chi connectivity index (χ1) is 12.9. The van der Waals surface area contributed by atoms with Gasteiger partial charge in [0.1, 0.15) is 12.1 Å². The number of methoxy groups -OCH3 is 1. The molecule has 2 aliphatic heterocycles. The maximum atomic E-state index is 13.3. The number of hydrogen-bond donors (Lipinski definition) is 2. The number of nitrogens with zero attached hydrogens (tertiary/aromatic N) is 2. The van der Waals surface area contributed by atoms with Gasteiger partial charge in [-0.05, 0) is 25.5 Å². The van der Waals surface area contributed by atoms with E-state index in [9.17, 15) is 14.4 Å². The van der Waals surface area contributed by atoms with Crippen molar-refractivity contribution in [2.24, 2.45) is 5.92 Å². The molecule has 1 aromatic rings. The van der Waals surface area contributed by atoms with Crippen molar-refractivity contribution in [1.29, 1.82) is 0 Å². The van der Waals surface area contributed by atoms with Gasteiger partial charge >= 0.3 is 12.0 Å². The first-order valence-corrected chi connectivity index (χ1v) is 9.37. The molecule has 0 spiro atoms. The van der Waals surface area contributed by atoms with Crippen LogP contribution in [0.5, 0.6) is 0 Å². The Morgan fingerprint density at radius 3 is 2.79 bits per heavy atom. The molecule has 0 aliphatic carbocycles. The van der Waals surface area contributed by atoms with Crippen molar-refractivity contribution in [3.05, 3.63) is 23.9 Å². The Morgan fingerprint density at radius 1 is 1.43 bits per heavy atom. The van der Waals surface area contributed by atoms with Crippen LogP contribution >= 0.6 is 12.4 Å². The second-order valence-corrected chi connectivity index (χ2v) is 7.24. The maximum absolute atomic E-state index is 13.3. The van der Waals surface area contributed by atoms with Crippen LogP contribution in [-0.2, 0) is 20.7 Å². The van der Waals surface area contributed by atoms with E-state index < -0.39 is 12.1 Å². The third-order valence-corrected chi connectivity index (χ3v) is 5.57. The smallest absolute Gasteiger partial charge is 0.406 e. The molecule has 154 valence electrons. The molecule has 0 radical (unpaired) electrons. The molecule has 4 atom stereocenters. The summed E-state index contributed by atoms with van der Waals surface area (Å²) in [5.74, 6) is 0.436. The van der Waals surface area contributed by atoms with E-state index in [4.69, 9.17) is 0 Å². The van der Waals surface area contributed by atoms with Crippen LogP contribution in [0.3, 0.4) is 0 Å². The molecule has 28 heavy (non-hydrogen) atoms. The van der Waals surface area contributed by atoms with Crippen LogP contribution in [0, 0.1) is 5.92 Å². The van der Waals surface area contributed by atoms with Crippen molar-refractivity contribution < 1.29 is 23.7 Å². The Hall–Kier alpha value is -2.35.